The highest BCUT2D eigenvalue weighted by molar-refractivity contribution is 7.99. The van der Waals surface area contributed by atoms with Gasteiger partial charge < -0.3 is 9.88 Å². The summed E-state index contributed by atoms with van der Waals surface area (Å²) in [6.45, 7) is 2.25. The Balaban J connectivity index is 1.47. The molecule has 1 amide bonds. The molecule has 1 saturated heterocycles. The Hall–Kier alpha value is -1.93. The largest absolute Gasteiger partial charge is 0.351 e. The molecule has 1 aliphatic rings. The SMILES string of the molecule is Cn1cnnc1SCC(=O)N[C@H]1CCCN(Cc2ccccc2F)C1. The molecule has 25 heavy (non-hydrogen) atoms. The molecule has 1 atom stereocenters. The van der Waals surface area contributed by atoms with Crippen LogP contribution in [0.3, 0.4) is 0 Å². The minimum Gasteiger partial charge on any atom is -0.351 e. The highest BCUT2D eigenvalue weighted by Crippen LogP contribution is 2.17. The van der Waals surface area contributed by atoms with Crippen LogP contribution in [0.1, 0.15) is 18.4 Å². The predicted octanol–water partition coefficient (Wildman–Crippen LogP) is 1.83. The molecular formula is C17H22FN5OS. The van der Waals surface area contributed by atoms with Crippen LogP contribution in [0.5, 0.6) is 0 Å². The Morgan fingerprint density at radius 1 is 1.44 bits per heavy atom. The smallest absolute Gasteiger partial charge is 0.230 e. The van der Waals surface area contributed by atoms with Crippen molar-refractivity contribution < 1.29 is 9.18 Å². The minimum atomic E-state index is -0.172. The Labute approximate surface area is 150 Å². The van der Waals surface area contributed by atoms with Gasteiger partial charge in [-0.1, -0.05) is 30.0 Å². The Kier molecular flexibility index (Phi) is 6.04. The molecule has 1 fully saturated rings. The fourth-order valence-corrected chi connectivity index (χ4v) is 3.69. The minimum absolute atomic E-state index is 0.00857. The van der Waals surface area contributed by atoms with E-state index in [-0.39, 0.29) is 17.8 Å². The molecule has 2 aromatic rings. The van der Waals surface area contributed by atoms with Crippen LogP contribution in [0, 0.1) is 5.82 Å². The summed E-state index contributed by atoms with van der Waals surface area (Å²) in [5.74, 6) is 0.135. The van der Waals surface area contributed by atoms with Crippen LogP contribution in [0.2, 0.25) is 0 Å². The van der Waals surface area contributed by atoms with Crippen molar-refractivity contribution in [3.63, 3.8) is 0 Å². The first kappa shape index (κ1) is 17.9. The van der Waals surface area contributed by atoms with Crippen molar-refractivity contribution in [3.05, 3.63) is 42.0 Å². The molecule has 0 aliphatic carbocycles. The third-order valence-corrected chi connectivity index (χ3v) is 5.26. The average molecular weight is 363 g/mol. The molecule has 2 heterocycles. The maximum absolute atomic E-state index is 13.8. The van der Waals surface area contributed by atoms with Gasteiger partial charge in [0.05, 0.1) is 5.75 Å². The molecule has 1 aromatic heterocycles. The molecule has 0 saturated carbocycles. The van der Waals surface area contributed by atoms with Crippen LogP contribution in [-0.4, -0.2) is 50.5 Å². The molecule has 0 unspecified atom stereocenters. The summed E-state index contributed by atoms with van der Waals surface area (Å²) < 4.78 is 15.6. The molecule has 8 heteroatoms. The van der Waals surface area contributed by atoms with Gasteiger partial charge in [-0.15, -0.1) is 10.2 Å². The number of likely N-dealkylation sites (tertiary alicyclic amines) is 1. The van der Waals surface area contributed by atoms with Gasteiger partial charge >= 0.3 is 0 Å². The number of hydrogen-bond donors (Lipinski definition) is 1. The van der Waals surface area contributed by atoms with Crippen LogP contribution in [-0.2, 0) is 18.4 Å². The number of carbonyl (C=O) groups excluding carboxylic acids is 1. The van der Waals surface area contributed by atoms with Crippen LogP contribution in [0.15, 0.2) is 35.7 Å². The summed E-state index contributed by atoms with van der Waals surface area (Å²) in [5, 5.41) is 11.5. The maximum atomic E-state index is 13.8. The van der Waals surface area contributed by atoms with E-state index in [1.165, 1.54) is 17.8 Å². The lowest BCUT2D eigenvalue weighted by Crippen LogP contribution is -2.47. The zero-order valence-corrected chi connectivity index (χ0v) is 15.0. The van der Waals surface area contributed by atoms with Crippen molar-refractivity contribution in [2.24, 2.45) is 7.05 Å². The molecular weight excluding hydrogens is 341 g/mol. The predicted molar refractivity (Wildman–Crippen MR) is 94.6 cm³/mol. The molecule has 1 aliphatic heterocycles. The van der Waals surface area contributed by atoms with E-state index in [9.17, 15) is 9.18 Å². The van der Waals surface area contributed by atoms with Crippen LogP contribution in [0.4, 0.5) is 4.39 Å². The van der Waals surface area contributed by atoms with Gasteiger partial charge in [-0.3, -0.25) is 9.69 Å². The number of rotatable bonds is 6. The molecule has 0 bridgehead atoms. The Bertz CT molecular complexity index is 723. The second kappa shape index (κ2) is 8.44. The number of aromatic nitrogens is 3. The fourth-order valence-electron chi connectivity index (χ4n) is 2.99. The van der Waals surface area contributed by atoms with Gasteiger partial charge in [0.1, 0.15) is 12.1 Å². The summed E-state index contributed by atoms with van der Waals surface area (Å²) in [5.41, 5.74) is 0.701. The number of thioether (sulfide) groups is 1. The standard InChI is InChI=1S/C17H22FN5OS/c1-22-12-19-21-17(22)25-11-16(24)20-14-6-4-8-23(10-14)9-13-5-2-3-7-15(13)18/h2-3,5,7,12,14H,4,6,8-11H2,1H3,(H,20,24)/t14-/m0/s1. The van der Waals surface area contributed by atoms with Crippen molar-refractivity contribution in [1.82, 2.24) is 25.0 Å². The molecule has 134 valence electrons. The Morgan fingerprint density at radius 2 is 2.28 bits per heavy atom. The number of aryl methyl sites for hydroxylation is 1. The van der Waals surface area contributed by atoms with E-state index >= 15 is 0 Å². The lowest BCUT2D eigenvalue weighted by molar-refractivity contribution is -0.119. The topological polar surface area (TPSA) is 63.1 Å². The number of nitrogens with one attached hydrogen (secondary N) is 1. The summed E-state index contributed by atoms with van der Waals surface area (Å²) in [6, 6.07) is 6.96. The number of hydrogen-bond acceptors (Lipinski definition) is 5. The molecule has 0 radical (unpaired) electrons. The normalized spacial score (nSPS) is 18.2. The van der Waals surface area contributed by atoms with Crippen molar-refractivity contribution >= 4 is 17.7 Å². The van der Waals surface area contributed by atoms with Gasteiger partial charge in [0.15, 0.2) is 5.16 Å². The number of halogens is 1. The van der Waals surface area contributed by atoms with Gasteiger partial charge in [0.2, 0.25) is 5.91 Å². The van der Waals surface area contributed by atoms with Crippen molar-refractivity contribution in [2.45, 2.75) is 30.6 Å². The first-order valence-corrected chi connectivity index (χ1v) is 9.32. The van der Waals surface area contributed by atoms with Crippen molar-refractivity contribution in [2.75, 3.05) is 18.8 Å². The van der Waals surface area contributed by atoms with Gasteiger partial charge in [0, 0.05) is 31.7 Å². The number of carbonyl (C=O) groups is 1. The van der Waals surface area contributed by atoms with Crippen molar-refractivity contribution in [3.8, 4) is 0 Å². The van der Waals surface area contributed by atoms with Crippen LogP contribution >= 0.6 is 11.8 Å². The van der Waals surface area contributed by atoms with E-state index in [1.807, 2.05) is 19.2 Å². The quantitative estimate of drug-likeness (QED) is 0.794. The first-order chi connectivity index (χ1) is 12.1. The monoisotopic (exact) mass is 363 g/mol. The second-order valence-corrected chi connectivity index (χ2v) is 7.19. The maximum Gasteiger partial charge on any atom is 0.230 e. The summed E-state index contributed by atoms with van der Waals surface area (Å²) in [7, 11) is 1.85. The molecule has 6 nitrogen and oxygen atoms in total. The van der Waals surface area contributed by atoms with E-state index in [2.05, 4.69) is 20.4 Å². The van der Waals surface area contributed by atoms with Gasteiger partial charge in [-0.05, 0) is 25.5 Å². The summed E-state index contributed by atoms with van der Waals surface area (Å²) in [4.78, 5) is 14.4. The van der Waals surface area contributed by atoms with Gasteiger partial charge in [-0.2, -0.15) is 0 Å². The lowest BCUT2D eigenvalue weighted by Gasteiger charge is -2.33. The van der Waals surface area contributed by atoms with E-state index in [0.29, 0.717) is 17.9 Å². The van der Waals surface area contributed by atoms with Crippen molar-refractivity contribution in [1.29, 1.82) is 0 Å². The lowest BCUT2D eigenvalue weighted by atomic mass is 10.0. The zero-order chi connectivity index (χ0) is 17.6. The number of piperidine rings is 1. The van der Waals surface area contributed by atoms with E-state index in [4.69, 9.17) is 0 Å². The third-order valence-electron chi connectivity index (χ3n) is 4.22. The highest BCUT2D eigenvalue weighted by Gasteiger charge is 2.22. The fraction of sp³-hybridized carbons (Fsp3) is 0.471. The molecule has 0 spiro atoms. The zero-order valence-electron chi connectivity index (χ0n) is 14.2. The van der Waals surface area contributed by atoms with E-state index in [1.54, 1.807) is 17.0 Å². The highest BCUT2D eigenvalue weighted by atomic mass is 32.2. The first-order valence-electron chi connectivity index (χ1n) is 8.34. The van der Waals surface area contributed by atoms with Crippen LogP contribution in [0.25, 0.3) is 0 Å². The Morgan fingerprint density at radius 3 is 3.04 bits per heavy atom. The van der Waals surface area contributed by atoms with E-state index in [0.717, 1.165) is 31.1 Å². The van der Waals surface area contributed by atoms with Gasteiger partial charge in [-0.25, -0.2) is 4.39 Å². The number of benzene rings is 1. The molecule has 1 N–H and O–H groups in total. The number of amides is 1. The summed E-state index contributed by atoms with van der Waals surface area (Å²) >= 11 is 1.37. The second-order valence-electron chi connectivity index (χ2n) is 6.25. The molecule has 1 aromatic carbocycles. The third kappa shape index (κ3) is 5.02. The van der Waals surface area contributed by atoms with Crippen LogP contribution < -0.4 is 5.32 Å². The molecule has 3 rings (SSSR count). The van der Waals surface area contributed by atoms with Gasteiger partial charge in [0.25, 0.3) is 0 Å². The summed E-state index contributed by atoms with van der Waals surface area (Å²) in [6.07, 6.45) is 3.56. The number of nitrogens with zero attached hydrogens (tertiary/aromatic N) is 4. The van der Waals surface area contributed by atoms with E-state index < -0.39 is 0 Å². The average Bonchev–Trinajstić information content (AvgIpc) is 3.01.